The zero-order chi connectivity index (χ0) is 13.7. The third kappa shape index (κ3) is 3.44. The highest BCUT2D eigenvalue weighted by atomic mass is 16.3. The second-order valence-corrected chi connectivity index (χ2v) is 4.87. The molecular formula is C16H22N2O. The zero-order valence-corrected chi connectivity index (χ0v) is 11.7. The minimum absolute atomic E-state index is 0.485. The van der Waals surface area contributed by atoms with E-state index in [1.54, 1.807) is 6.20 Å². The molecule has 0 aliphatic carbocycles. The summed E-state index contributed by atoms with van der Waals surface area (Å²) < 4.78 is 1.89. The normalized spacial score (nSPS) is 12.6. The van der Waals surface area contributed by atoms with Crippen LogP contribution in [0.4, 0.5) is 0 Å². The van der Waals surface area contributed by atoms with Gasteiger partial charge in [0.2, 0.25) is 0 Å². The van der Waals surface area contributed by atoms with Gasteiger partial charge in [-0.15, -0.1) is 0 Å². The molecule has 1 unspecified atom stereocenters. The lowest BCUT2D eigenvalue weighted by Crippen LogP contribution is -2.11. The van der Waals surface area contributed by atoms with Gasteiger partial charge in [-0.05, 0) is 30.0 Å². The fourth-order valence-electron chi connectivity index (χ4n) is 2.26. The number of hydrogen-bond donors (Lipinski definition) is 1. The first-order valence-electron chi connectivity index (χ1n) is 7.02. The van der Waals surface area contributed by atoms with Gasteiger partial charge in [-0.2, -0.15) is 5.10 Å². The Morgan fingerprint density at radius 1 is 1.11 bits per heavy atom. The standard InChI is InChI=1S/C16H22N2O/c1-3-11-18-15(9-10-17-18)16(19)12-14-7-5-13(4-2)6-8-14/h5-10,16,19H,3-4,11-12H2,1-2H3. The first-order valence-corrected chi connectivity index (χ1v) is 7.02. The predicted octanol–water partition coefficient (Wildman–Crippen LogP) is 3.13. The minimum atomic E-state index is -0.485. The molecular weight excluding hydrogens is 236 g/mol. The molecule has 2 rings (SSSR count). The molecule has 0 bridgehead atoms. The van der Waals surface area contributed by atoms with Crippen LogP contribution >= 0.6 is 0 Å². The van der Waals surface area contributed by atoms with E-state index in [0.717, 1.165) is 30.6 Å². The largest absolute Gasteiger partial charge is 0.386 e. The number of rotatable bonds is 6. The van der Waals surface area contributed by atoms with Gasteiger partial charge in [-0.25, -0.2) is 0 Å². The summed E-state index contributed by atoms with van der Waals surface area (Å²) in [6.07, 6.45) is 3.98. The molecule has 1 aromatic carbocycles. The second kappa shape index (κ2) is 6.53. The van der Waals surface area contributed by atoms with E-state index in [-0.39, 0.29) is 0 Å². The summed E-state index contributed by atoms with van der Waals surface area (Å²) in [4.78, 5) is 0. The molecule has 0 fully saturated rings. The molecule has 0 amide bonds. The lowest BCUT2D eigenvalue weighted by molar-refractivity contribution is 0.166. The van der Waals surface area contributed by atoms with Crippen LogP contribution in [0.2, 0.25) is 0 Å². The van der Waals surface area contributed by atoms with E-state index in [2.05, 4.69) is 43.2 Å². The Labute approximate surface area is 114 Å². The van der Waals surface area contributed by atoms with E-state index >= 15 is 0 Å². The van der Waals surface area contributed by atoms with Gasteiger partial charge < -0.3 is 5.11 Å². The molecule has 0 saturated heterocycles. The molecule has 2 aromatic rings. The van der Waals surface area contributed by atoms with Crippen LogP contribution in [0.3, 0.4) is 0 Å². The van der Waals surface area contributed by atoms with E-state index < -0.39 is 6.10 Å². The summed E-state index contributed by atoms with van der Waals surface area (Å²) in [5, 5.41) is 14.6. The number of aliphatic hydroxyl groups is 1. The molecule has 19 heavy (non-hydrogen) atoms. The van der Waals surface area contributed by atoms with Gasteiger partial charge in [0.25, 0.3) is 0 Å². The topological polar surface area (TPSA) is 38.0 Å². The van der Waals surface area contributed by atoms with Crippen LogP contribution < -0.4 is 0 Å². The van der Waals surface area contributed by atoms with Crippen LogP contribution in [0.5, 0.6) is 0 Å². The van der Waals surface area contributed by atoms with Crippen molar-refractivity contribution >= 4 is 0 Å². The SMILES string of the molecule is CCCn1nccc1C(O)Cc1ccc(CC)cc1. The predicted molar refractivity (Wildman–Crippen MR) is 77.0 cm³/mol. The van der Waals surface area contributed by atoms with Crippen LogP contribution in [-0.4, -0.2) is 14.9 Å². The molecule has 102 valence electrons. The van der Waals surface area contributed by atoms with E-state index in [4.69, 9.17) is 0 Å². The van der Waals surface area contributed by atoms with Crippen LogP contribution in [0, 0.1) is 0 Å². The Kier molecular flexibility index (Phi) is 4.74. The van der Waals surface area contributed by atoms with E-state index in [0.29, 0.717) is 6.42 Å². The number of aromatic nitrogens is 2. The molecule has 0 aliphatic heterocycles. The summed E-state index contributed by atoms with van der Waals surface area (Å²) in [6.45, 7) is 5.11. The van der Waals surface area contributed by atoms with Crippen LogP contribution in [0.25, 0.3) is 0 Å². The van der Waals surface area contributed by atoms with Crippen molar-refractivity contribution in [3.8, 4) is 0 Å². The van der Waals surface area contributed by atoms with Gasteiger partial charge in [0.15, 0.2) is 0 Å². The van der Waals surface area contributed by atoms with Crippen LogP contribution in [0.15, 0.2) is 36.5 Å². The first kappa shape index (κ1) is 13.8. The monoisotopic (exact) mass is 258 g/mol. The summed E-state index contributed by atoms with van der Waals surface area (Å²) in [7, 11) is 0. The number of aryl methyl sites for hydroxylation is 2. The maximum absolute atomic E-state index is 10.3. The number of hydrogen-bond acceptors (Lipinski definition) is 2. The van der Waals surface area contributed by atoms with Gasteiger partial charge in [0.05, 0.1) is 11.8 Å². The average Bonchev–Trinajstić information content (AvgIpc) is 2.88. The Morgan fingerprint density at radius 3 is 2.42 bits per heavy atom. The third-order valence-electron chi connectivity index (χ3n) is 3.39. The fourth-order valence-corrected chi connectivity index (χ4v) is 2.26. The summed E-state index contributed by atoms with van der Waals surface area (Å²) >= 11 is 0. The van der Waals surface area contributed by atoms with E-state index in [1.165, 1.54) is 5.56 Å². The van der Waals surface area contributed by atoms with Crippen molar-refractivity contribution in [3.05, 3.63) is 53.3 Å². The van der Waals surface area contributed by atoms with Crippen molar-refractivity contribution in [2.75, 3.05) is 0 Å². The highest BCUT2D eigenvalue weighted by molar-refractivity contribution is 5.24. The zero-order valence-electron chi connectivity index (χ0n) is 11.7. The third-order valence-corrected chi connectivity index (χ3v) is 3.39. The molecule has 3 heteroatoms. The van der Waals surface area contributed by atoms with Gasteiger partial charge in [-0.1, -0.05) is 38.1 Å². The Hall–Kier alpha value is -1.61. The van der Waals surface area contributed by atoms with Gasteiger partial charge in [0.1, 0.15) is 0 Å². The maximum atomic E-state index is 10.3. The average molecular weight is 258 g/mol. The Bertz CT molecular complexity index is 502. The summed E-state index contributed by atoms with van der Waals surface area (Å²) in [6, 6.07) is 10.4. The van der Waals surface area contributed by atoms with E-state index in [1.807, 2.05) is 10.7 Å². The second-order valence-electron chi connectivity index (χ2n) is 4.87. The molecule has 1 atom stereocenters. The van der Waals surface area contributed by atoms with Crippen molar-refractivity contribution in [1.82, 2.24) is 9.78 Å². The smallest absolute Gasteiger partial charge is 0.0996 e. The Morgan fingerprint density at radius 2 is 1.79 bits per heavy atom. The number of benzene rings is 1. The molecule has 1 heterocycles. The lowest BCUT2D eigenvalue weighted by Gasteiger charge is -2.13. The van der Waals surface area contributed by atoms with Gasteiger partial charge >= 0.3 is 0 Å². The summed E-state index contributed by atoms with van der Waals surface area (Å²) in [5.74, 6) is 0. The number of aliphatic hydroxyl groups excluding tert-OH is 1. The van der Waals surface area contributed by atoms with Crippen molar-refractivity contribution < 1.29 is 5.11 Å². The van der Waals surface area contributed by atoms with Gasteiger partial charge in [0, 0.05) is 19.2 Å². The molecule has 0 spiro atoms. The fraction of sp³-hybridized carbons (Fsp3) is 0.438. The number of nitrogens with zero attached hydrogens (tertiary/aromatic N) is 2. The highest BCUT2D eigenvalue weighted by Crippen LogP contribution is 2.18. The Balaban J connectivity index is 2.06. The molecule has 0 aliphatic rings. The van der Waals surface area contributed by atoms with Crippen molar-refractivity contribution in [1.29, 1.82) is 0 Å². The molecule has 0 saturated carbocycles. The highest BCUT2D eigenvalue weighted by Gasteiger charge is 2.13. The molecule has 0 radical (unpaired) electrons. The van der Waals surface area contributed by atoms with Crippen LogP contribution in [-0.2, 0) is 19.4 Å². The quantitative estimate of drug-likeness (QED) is 0.864. The minimum Gasteiger partial charge on any atom is -0.386 e. The maximum Gasteiger partial charge on any atom is 0.0996 e. The van der Waals surface area contributed by atoms with Crippen LogP contribution in [0.1, 0.15) is 43.2 Å². The van der Waals surface area contributed by atoms with Crippen molar-refractivity contribution in [2.24, 2.45) is 0 Å². The molecule has 1 N–H and O–H groups in total. The van der Waals surface area contributed by atoms with Crippen molar-refractivity contribution in [3.63, 3.8) is 0 Å². The first-order chi connectivity index (χ1) is 9.24. The summed E-state index contributed by atoms with van der Waals surface area (Å²) in [5.41, 5.74) is 3.39. The molecule has 3 nitrogen and oxygen atoms in total. The van der Waals surface area contributed by atoms with Crippen molar-refractivity contribution in [2.45, 2.75) is 45.8 Å². The van der Waals surface area contributed by atoms with Gasteiger partial charge in [-0.3, -0.25) is 4.68 Å². The molecule has 1 aromatic heterocycles. The van der Waals surface area contributed by atoms with E-state index in [9.17, 15) is 5.11 Å². The lowest BCUT2D eigenvalue weighted by atomic mass is 10.0.